The van der Waals surface area contributed by atoms with E-state index >= 15 is 0 Å². The van der Waals surface area contributed by atoms with Gasteiger partial charge < -0.3 is 10.1 Å². The standard InChI is InChI=1S/C15H22F3NO/c1-3-4-10-20-11-9-19-12(2)13-5-7-14(8-6-13)15(16,17)18/h5-8,12,19H,3-4,9-11H2,1-2H3. The fourth-order valence-corrected chi connectivity index (χ4v) is 1.77. The van der Waals surface area contributed by atoms with Gasteiger partial charge in [-0.05, 0) is 31.0 Å². The molecule has 0 amide bonds. The van der Waals surface area contributed by atoms with E-state index in [4.69, 9.17) is 4.74 Å². The highest BCUT2D eigenvalue weighted by Gasteiger charge is 2.30. The van der Waals surface area contributed by atoms with Gasteiger partial charge in [-0.15, -0.1) is 0 Å². The molecular weight excluding hydrogens is 267 g/mol. The van der Waals surface area contributed by atoms with Crippen LogP contribution in [-0.4, -0.2) is 19.8 Å². The van der Waals surface area contributed by atoms with E-state index in [1.807, 2.05) is 6.92 Å². The Labute approximate surface area is 118 Å². The van der Waals surface area contributed by atoms with Crippen molar-refractivity contribution < 1.29 is 17.9 Å². The lowest BCUT2D eigenvalue weighted by Crippen LogP contribution is -2.23. The third-order valence-corrected chi connectivity index (χ3v) is 3.08. The van der Waals surface area contributed by atoms with Crippen LogP contribution in [0.4, 0.5) is 13.2 Å². The third-order valence-electron chi connectivity index (χ3n) is 3.08. The third kappa shape index (κ3) is 5.92. The van der Waals surface area contributed by atoms with Gasteiger partial charge in [-0.3, -0.25) is 0 Å². The minimum Gasteiger partial charge on any atom is -0.380 e. The van der Waals surface area contributed by atoms with Crippen LogP contribution in [0.1, 0.15) is 43.9 Å². The van der Waals surface area contributed by atoms with Crippen molar-refractivity contribution in [2.24, 2.45) is 0 Å². The first kappa shape index (κ1) is 17.0. The van der Waals surface area contributed by atoms with Gasteiger partial charge in [0.05, 0.1) is 12.2 Å². The second-order valence-corrected chi connectivity index (χ2v) is 4.76. The van der Waals surface area contributed by atoms with Gasteiger partial charge in [-0.2, -0.15) is 13.2 Å². The number of hydrogen-bond donors (Lipinski definition) is 1. The molecular formula is C15H22F3NO. The SMILES string of the molecule is CCCCOCCNC(C)c1ccc(C(F)(F)F)cc1. The molecule has 0 aliphatic carbocycles. The van der Waals surface area contributed by atoms with Crippen molar-refractivity contribution in [2.45, 2.75) is 38.9 Å². The summed E-state index contributed by atoms with van der Waals surface area (Å²) in [5.41, 5.74) is 0.225. The zero-order valence-corrected chi connectivity index (χ0v) is 12.0. The Morgan fingerprint density at radius 1 is 1.15 bits per heavy atom. The van der Waals surface area contributed by atoms with Crippen LogP contribution in [0.2, 0.25) is 0 Å². The molecule has 114 valence electrons. The molecule has 1 aromatic carbocycles. The van der Waals surface area contributed by atoms with Gasteiger partial charge in [-0.1, -0.05) is 25.5 Å². The number of rotatable bonds is 8. The maximum absolute atomic E-state index is 12.4. The Morgan fingerprint density at radius 2 is 1.80 bits per heavy atom. The molecule has 0 heterocycles. The van der Waals surface area contributed by atoms with Crippen molar-refractivity contribution in [2.75, 3.05) is 19.8 Å². The van der Waals surface area contributed by atoms with Crippen LogP contribution in [0.3, 0.4) is 0 Å². The van der Waals surface area contributed by atoms with E-state index in [1.165, 1.54) is 12.1 Å². The summed E-state index contributed by atoms with van der Waals surface area (Å²) in [5, 5.41) is 3.23. The number of alkyl halides is 3. The van der Waals surface area contributed by atoms with Crippen molar-refractivity contribution in [3.63, 3.8) is 0 Å². The summed E-state index contributed by atoms with van der Waals surface area (Å²) in [4.78, 5) is 0. The van der Waals surface area contributed by atoms with E-state index in [0.29, 0.717) is 13.2 Å². The molecule has 1 unspecified atom stereocenters. The zero-order valence-electron chi connectivity index (χ0n) is 12.0. The largest absolute Gasteiger partial charge is 0.416 e. The Morgan fingerprint density at radius 3 is 2.35 bits per heavy atom. The van der Waals surface area contributed by atoms with Crippen molar-refractivity contribution in [1.82, 2.24) is 5.32 Å². The highest BCUT2D eigenvalue weighted by Crippen LogP contribution is 2.29. The average molecular weight is 289 g/mol. The lowest BCUT2D eigenvalue weighted by Gasteiger charge is -2.15. The molecule has 1 aromatic rings. The second-order valence-electron chi connectivity index (χ2n) is 4.76. The van der Waals surface area contributed by atoms with Crippen LogP contribution in [0, 0.1) is 0 Å². The lowest BCUT2D eigenvalue weighted by atomic mass is 10.1. The Hall–Kier alpha value is -1.07. The average Bonchev–Trinajstić information content (AvgIpc) is 2.41. The van der Waals surface area contributed by atoms with E-state index in [9.17, 15) is 13.2 Å². The summed E-state index contributed by atoms with van der Waals surface area (Å²) in [6.45, 7) is 6.09. The van der Waals surface area contributed by atoms with Gasteiger partial charge in [-0.25, -0.2) is 0 Å². The molecule has 0 fully saturated rings. The quantitative estimate of drug-likeness (QED) is 0.725. The second kappa shape index (κ2) is 8.27. The molecule has 5 heteroatoms. The predicted molar refractivity (Wildman–Crippen MR) is 73.6 cm³/mol. The zero-order chi connectivity index (χ0) is 15.0. The summed E-state index contributed by atoms with van der Waals surface area (Å²) in [6.07, 6.45) is -2.12. The smallest absolute Gasteiger partial charge is 0.380 e. The number of unbranched alkanes of at least 4 members (excludes halogenated alkanes) is 1. The van der Waals surface area contributed by atoms with Crippen LogP contribution in [0.15, 0.2) is 24.3 Å². The summed E-state index contributed by atoms with van der Waals surface area (Å²) < 4.78 is 42.7. The van der Waals surface area contributed by atoms with E-state index in [1.54, 1.807) is 0 Å². The summed E-state index contributed by atoms with van der Waals surface area (Å²) >= 11 is 0. The first-order valence-electron chi connectivity index (χ1n) is 6.93. The molecule has 1 rings (SSSR count). The minimum atomic E-state index is -4.28. The number of nitrogens with one attached hydrogen (secondary N) is 1. The van der Waals surface area contributed by atoms with Gasteiger partial charge in [0.25, 0.3) is 0 Å². The minimum absolute atomic E-state index is 0.00654. The first-order valence-corrected chi connectivity index (χ1v) is 6.93. The first-order chi connectivity index (χ1) is 9.45. The highest BCUT2D eigenvalue weighted by molar-refractivity contribution is 5.26. The highest BCUT2D eigenvalue weighted by atomic mass is 19.4. The Bertz CT molecular complexity index is 376. The fourth-order valence-electron chi connectivity index (χ4n) is 1.77. The van der Waals surface area contributed by atoms with E-state index in [-0.39, 0.29) is 6.04 Å². The molecule has 0 aliphatic heterocycles. The lowest BCUT2D eigenvalue weighted by molar-refractivity contribution is -0.137. The molecule has 0 saturated heterocycles. The van der Waals surface area contributed by atoms with Gasteiger partial charge in [0.2, 0.25) is 0 Å². The molecule has 0 aliphatic rings. The molecule has 0 bridgehead atoms. The van der Waals surface area contributed by atoms with Crippen LogP contribution in [0.5, 0.6) is 0 Å². The molecule has 0 spiro atoms. The van der Waals surface area contributed by atoms with Gasteiger partial charge in [0, 0.05) is 19.2 Å². The van der Waals surface area contributed by atoms with E-state index < -0.39 is 11.7 Å². The van der Waals surface area contributed by atoms with Crippen LogP contribution in [-0.2, 0) is 10.9 Å². The number of benzene rings is 1. The van der Waals surface area contributed by atoms with Crippen molar-refractivity contribution in [3.8, 4) is 0 Å². The van der Waals surface area contributed by atoms with E-state index in [0.717, 1.165) is 37.1 Å². The van der Waals surface area contributed by atoms with Crippen molar-refractivity contribution >= 4 is 0 Å². The molecule has 0 radical (unpaired) electrons. The monoisotopic (exact) mass is 289 g/mol. The Balaban J connectivity index is 2.34. The molecule has 2 nitrogen and oxygen atoms in total. The molecule has 20 heavy (non-hydrogen) atoms. The summed E-state index contributed by atoms with van der Waals surface area (Å²) in [6, 6.07) is 5.26. The summed E-state index contributed by atoms with van der Waals surface area (Å²) in [5.74, 6) is 0. The van der Waals surface area contributed by atoms with Gasteiger partial charge in [0.15, 0.2) is 0 Å². The Kier molecular flexibility index (Phi) is 7.02. The molecule has 0 aromatic heterocycles. The van der Waals surface area contributed by atoms with Crippen molar-refractivity contribution in [1.29, 1.82) is 0 Å². The topological polar surface area (TPSA) is 21.3 Å². The molecule has 1 N–H and O–H groups in total. The van der Waals surface area contributed by atoms with Crippen LogP contribution >= 0.6 is 0 Å². The van der Waals surface area contributed by atoms with E-state index in [2.05, 4.69) is 12.2 Å². The van der Waals surface area contributed by atoms with Gasteiger partial charge >= 0.3 is 6.18 Å². The van der Waals surface area contributed by atoms with Gasteiger partial charge in [0.1, 0.15) is 0 Å². The predicted octanol–water partition coefficient (Wildman–Crippen LogP) is 4.17. The number of halogens is 3. The van der Waals surface area contributed by atoms with Crippen LogP contribution < -0.4 is 5.32 Å². The maximum atomic E-state index is 12.4. The number of ether oxygens (including phenoxy) is 1. The normalized spacial score (nSPS) is 13.4. The molecule has 0 saturated carbocycles. The number of hydrogen-bond acceptors (Lipinski definition) is 2. The maximum Gasteiger partial charge on any atom is 0.416 e. The molecule has 1 atom stereocenters. The summed E-state index contributed by atoms with van der Waals surface area (Å²) in [7, 11) is 0. The fraction of sp³-hybridized carbons (Fsp3) is 0.600. The van der Waals surface area contributed by atoms with Crippen LogP contribution in [0.25, 0.3) is 0 Å². The van der Waals surface area contributed by atoms with Crippen molar-refractivity contribution in [3.05, 3.63) is 35.4 Å².